The molecule has 1 amide bonds. The predicted octanol–water partition coefficient (Wildman–Crippen LogP) is 3.35. The van der Waals surface area contributed by atoms with Gasteiger partial charge in [-0.25, -0.2) is 4.68 Å². The second kappa shape index (κ2) is 7.62. The summed E-state index contributed by atoms with van der Waals surface area (Å²) in [4.78, 5) is 12.0. The predicted molar refractivity (Wildman–Crippen MR) is 89.7 cm³/mol. The first kappa shape index (κ1) is 18.6. The lowest BCUT2D eigenvalue weighted by molar-refractivity contribution is -0.137. The lowest BCUT2D eigenvalue weighted by Crippen LogP contribution is -2.20. The van der Waals surface area contributed by atoms with Gasteiger partial charge in [-0.15, -0.1) is 5.10 Å². The second-order valence-corrected chi connectivity index (χ2v) is 5.69. The van der Waals surface area contributed by atoms with Crippen molar-refractivity contribution in [3.8, 4) is 11.4 Å². The van der Waals surface area contributed by atoms with Crippen LogP contribution in [0.15, 0.2) is 48.8 Å². The molecule has 140 valence electrons. The number of hydrogen-bond donors (Lipinski definition) is 1. The SMILES string of the molecule is O=C(COc1cccc(-n2cnnn2)c1)Nc1ccc(C(F)(F)F)c(Cl)c1. The molecule has 0 aliphatic carbocycles. The first-order chi connectivity index (χ1) is 12.8. The molecule has 0 radical (unpaired) electrons. The van der Waals surface area contributed by atoms with E-state index in [1.165, 1.54) is 11.0 Å². The zero-order valence-corrected chi connectivity index (χ0v) is 14.2. The van der Waals surface area contributed by atoms with Crippen LogP contribution < -0.4 is 10.1 Å². The third kappa shape index (κ3) is 4.73. The number of aromatic nitrogens is 4. The van der Waals surface area contributed by atoms with E-state index < -0.39 is 22.7 Å². The summed E-state index contributed by atoms with van der Waals surface area (Å²) in [5.74, 6) is -0.165. The van der Waals surface area contributed by atoms with E-state index in [-0.39, 0.29) is 12.3 Å². The van der Waals surface area contributed by atoms with Crippen LogP contribution in [-0.4, -0.2) is 32.7 Å². The smallest absolute Gasteiger partial charge is 0.417 e. The topological polar surface area (TPSA) is 81.9 Å². The highest BCUT2D eigenvalue weighted by molar-refractivity contribution is 6.31. The minimum atomic E-state index is -4.56. The highest BCUT2D eigenvalue weighted by Gasteiger charge is 2.33. The fourth-order valence-electron chi connectivity index (χ4n) is 2.16. The summed E-state index contributed by atoms with van der Waals surface area (Å²) in [5.41, 5.74) is -0.214. The number of anilines is 1. The van der Waals surface area contributed by atoms with Crippen LogP contribution in [0.4, 0.5) is 18.9 Å². The van der Waals surface area contributed by atoms with E-state index in [1.54, 1.807) is 24.3 Å². The van der Waals surface area contributed by atoms with Crippen LogP contribution in [0, 0.1) is 0 Å². The quantitative estimate of drug-likeness (QED) is 0.714. The minimum absolute atomic E-state index is 0.129. The number of carbonyl (C=O) groups is 1. The van der Waals surface area contributed by atoms with Gasteiger partial charge in [-0.2, -0.15) is 13.2 Å². The van der Waals surface area contributed by atoms with Crippen LogP contribution in [-0.2, 0) is 11.0 Å². The molecule has 7 nitrogen and oxygen atoms in total. The molecule has 1 aromatic heterocycles. The summed E-state index contributed by atoms with van der Waals surface area (Å²) in [6, 6.07) is 9.64. The third-order valence-electron chi connectivity index (χ3n) is 3.36. The largest absolute Gasteiger partial charge is 0.484 e. The number of benzene rings is 2. The molecule has 3 aromatic rings. The molecule has 1 N–H and O–H groups in total. The van der Waals surface area contributed by atoms with E-state index in [4.69, 9.17) is 16.3 Å². The van der Waals surface area contributed by atoms with E-state index >= 15 is 0 Å². The van der Waals surface area contributed by atoms with E-state index in [2.05, 4.69) is 20.8 Å². The van der Waals surface area contributed by atoms with Gasteiger partial charge in [-0.3, -0.25) is 4.79 Å². The van der Waals surface area contributed by atoms with Gasteiger partial charge in [0.1, 0.15) is 12.1 Å². The Labute approximate surface area is 155 Å². The molecular weight excluding hydrogens is 387 g/mol. The average Bonchev–Trinajstić information content (AvgIpc) is 3.14. The molecule has 0 atom stereocenters. The lowest BCUT2D eigenvalue weighted by Gasteiger charge is -2.12. The van der Waals surface area contributed by atoms with Gasteiger partial charge in [0.25, 0.3) is 5.91 Å². The van der Waals surface area contributed by atoms with Crippen molar-refractivity contribution < 1.29 is 22.7 Å². The lowest BCUT2D eigenvalue weighted by atomic mass is 10.2. The fourth-order valence-corrected chi connectivity index (χ4v) is 2.45. The van der Waals surface area contributed by atoms with E-state index in [9.17, 15) is 18.0 Å². The maximum Gasteiger partial charge on any atom is 0.417 e. The van der Waals surface area contributed by atoms with Gasteiger partial charge in [0, 0.05) is 11.8 Å². The molecule has 27 heavy (non-hydrogen) atoms. The number of carbonyl (C=O) groups excluding carboxylic acids is 1. The van der Waals surface area contributed by atoms with Crippen LogP contribution >= 0.6 is 11.6 Å². The number of amides is 1. The molecule has 0 saturated carbocycles. The number of halogens is 4. The fraction of sp³-hybridized carbons (Fsp3) is 0.125. The summed E-state index contributed by atoms with van der Waals surface area (Å²) in [7, 11) is 0. The van der Waals surface area contributed by atoms with Crippen LogP contribution in [0.3, 0.4) is 0 Å². The van der Waals surface area contributed by atoms with Gasteiger partial charge < -0.3 is 10.1 Å². The van der Waals surface area contributed by atoms with Gasteiger partial charge in [-0.1, -0.05) is 17.7 Å². The van der Waals surface area contributed by atoms with Crippen LogP contribution in [0.2, 0.25) is 5.02 Å². The van der Waals surface area contributed by atoms with Crippen molar-refractivity contribution in [2.24, 2.45) is 0 Å². The third-order valence-corrected chi connectivity index (χ3v) is 3.67. The Morgan fingerprint density at radius 3 is 2.70 bits per heavy atom. The van der Waals surface area contributed by atoms with Gasteiger partial charge in [0.05, 0.1) is 16.3 Å². The highest BCUT2D eigenvalue weighted by Crippen LogP contribution is 2.35. The van der Waals surface area contributed by atoms with Crippen molar-refractivity contribution in [3.63, 3.8) is 0 Å². The Kier molecular flexibility index (Phi) is 5.26. The molecule has 0 aliphatic heterocycles. The molecule has 0 bridgehead atoms. The maximum atomic E-state index is 12.7. The summed E-state index contributed by atoms with van der Waals surface area (Å²) >= 11 is 5.62. The number of alkyl halides is 3. The standard InChI is InChI=1S/C16H11ClF3N5O2/c17-14-6-10(4-5-13(14)16(18,19)20)22-15(26)8-27-12-3-1-2-11(7-12)25-9-21-23-24-25/h1-7,9H,8H2,(H,22,26). The molecule has 0 fully saturated rings. The van der Waals surface area contributed by atoms with Gasteiger partial charge >= 0.3 is 6.18 Å². The van der Waals surface area contributed by atoms with Crippen LogP contribution in [0.5, 0.6) is 5.75 Å². The number of nitrogens with one attached hydrogen (secondary N) is 1. The molecule has 11 heteroatoms. The molecule has 0 saturated heterocycles. The van der Waals surface area contributed by atoms with Gasteiger partial charge in [0.2, 0.25) is 0 Å². The maximum absolute atomic E-state index is 12.7. The summed E-state index contributed by atoms with van der Waals surface area (Å²) in [6.07, 6.45) is -3.16. The van der Waals surface area contributed by atoms with Crippen LogP contribution in [0.25, 0.3) is 5.69 Å². The Balaban J connectivity index is 1.60. The molecule has 0 unspecified atom stereocenters. The number of rotatable bonds is 5. The number of nitrogens with zero attached hydrogens (tertiary/aromatic N) is 4. The summed E-state index contributed by atoms with van der Waals surface area (Å²) < 4.78 is 44.8. The van der Waals surface area contributed by atoms with Crippen molar-refractivity contribution in [2.75, 3.05) is 11.9 Å². The second-order valence-electron chi connectivity index (χ2n) is 5.28. The summed E-state index contributed by atoms with van der Waals surface area (Å²) in [6.45, 7) is -0.350. The molecule has 0 spiro atoms. The molecule has 3 rings (SSSR count). The molecule has 2 aromatic carbocycles. The zero-order chi connectivity index (χ0) is 19.4. The van der Waals surface area contributed by atoms with Crippen LogP contribution in [0.1, 0.15) is 5.56 Å². The minimum Gasteiger partial charge on any atom is -0.484 e. The Morgan fingerprint density at radius 1 is 1.22 bits per heavy atom. The first-order valence-corrected chi connectivity index (χ1v) is 7.83. The number of tetrazole rings is 1. The van der Waals surface area contributed by atoms with Crippen molar-refractivity contribution in [1.82, 2.24) is 20.2 Å². The molecule has 0 aliphatic rings. The van der Waals surface area contributed by atoms with Crippen molar-refractivity contribution in [1.29, 1.82) is 0 Å². The Bertz CT molecular complexity index is 947. The van der Waals surface area contributed by atoms with Crippen molar-refractivity contribution in [2.45, 2.75) is 6.18 Å². The number of hydrogen-bond acceptors (Lipinski definition) is 5. The summed E-state index contributed by atoms with van der Waals surface area (Å²) in [5, 5.41) is 12.7. The van der Waals surface area contributed by atoms with E-state index in [1.807, 2.05) is 0 Å². The normalized spacial score (nSPS) is 11.3. The zero-order valence-electron chi connectivity index (χ0n) is 13.4. The van der Waals surface area contributed by atoms with E-state index in [0.29, 0.717) is 11.4 Å². The molecule has 1 heterocycles. The first-order valence-electron chi connectivity index (χ1n) is 7.46. The number of ether oxygens (including phenoxy) is 1. The Hall–Kier alpha value is -3.14. The molecular formula is C16H11ClF3N5O2. The highest BCUT2D eigenvalue weighted by atomic mass is 35.5. The average molecular weight is 398 g/mol. The Morgan fingerprint density at radius 2 is 2.04 bits per heavy atom. The van der Waals surface area contributed by atoms with Gasteiger partial charge in [-0.05, 0) is 40.8 Å². The van der Waals surface area contributed by atoms with E-state index in [0.717, 1.165) is 18.2 Å². The van der Waals surface area contributed by atoms with Crippen molar-refractivity contribution in [3.05, 3.63) is 59.4 Å². The van der Waals surface area contributed by atoms with Gasteiger partial charge in [0.15, 0.2) is 6.61 Å². The van der Waals surface area contributed by atoms with Crippen molar-refractivity contribution >= 4 is 23.2 Å². The monoisotopic (exact) mass is 397 g/mol.